The molecule has 2 aliphatic rings. The van der Waals surface area contributed by atoms with Gasteiger partial charge in [-0.2, -0.15) is 0 Å². The van der Waals surface area contributed by atoms with Crippen molar-refractivity contribution < 1.29 is 19.1 Å². The van der Waals surface area contributed by atoms with Crippen LogP contribution >= 0.6 is 23.4 Å². The number of fused-ring (bicyclic) bond motifs is 1. The molecule has 0 N–H and O–H groups in total. The minimum absolute atomic E-state index is 0.0832. The Labute approximate surface area is 165 Å². The molecule has 5 nitrogen and oxygen atoms in total. The van der Waals surface area contributed by atoms with E-state index >= 15 is 0 Å². The third kappa shape index (κ3) is 3.72. The van der Waals surface area contributed by atoms with Gasteiger partial charge in [0.05, 0.1) is 11.4 Å². The van der Waals surface area contributed by atoms with Crippen LogP contribution in [0.5, 0.6) is 11.5 Å². The highest BCUT2D eigenvalue weighted by Crippen LogP contribution is 2.39. The maximum Gasteiger partial charge on any atom is 0.293 e. The van der Waals surface area contributed by atoms with Crippen molar-refractivity contribution in [1.82, 2.24) is 4.90 Å². The molecule has 27 heavy (non-hydrogen) atoms. The van der Waals surface area contributed by atoms with Crippen molar-refractivity contribution in [3.05, 3.63) is 75.7 Å². The maximum absolute atomic E-state index is 12.6. The average molecular weight is 400 g/mol. The molecule has 2 amide bonds. The Morgan fingerprint density at radius 1 is 1.11 bits per heavy atom. The molecule has 0 atom stereocenters. The Balaban J connectivity index is 1.50. The lowest BCUT2D eigenvalue weighted by atomic mass is 10.2. The van der Waals surface area contributed by atoms with Crippen LogP contribution in [-0.2, 0) is 11.3 Å². The summed E-state index contributed by atoms with van der Waals surface area (Å²) < 4.78 is 10.6. The fourth-order valence-corrected chi connectivity index (χ4v) is 3.72. The first kappa shape index (κ1) is 17.7. The number of nitrogens with zero attached hydrogens (tertiary/aromatic N) is 1. The first-order valence-electron chi connectivity index (χ1n) is 8.17. The van der Waals surface area contributed by atoms with Gasteiger partial charge in [-0.1, -0.05) is 54.1 Å². The number of allylic oxidation sites excluding steroid dienone is 2. The summed E-state index contributed by atoms with van der Waals surface area (Å²) in [6.07, 6.45) is 5.29. The number of ether oxygens (including phenoxy) is 2. The van der Waals surface area contributed by atoms with Crippen molar-refractivity contribution in [2.75, 3.05) is 6.79 Å². The summed E-state index contributed by atoms with van der Waals surface area (Å²) >= 11 is 7.17. The van der Waals surface area contributed by atoms with Crippen LogP contribution in [-0.4, -0.2) is 22.8 Å². The summed E-state index contributed by atoms with van der Waals surface area (Å²) in [5.41, 5.74) is 1.64. The van der Waals surface area contributed by atoms with E-state index in [1.807, 2.05) is 36.4 Å². The SMILES string of the molecule is O=C1S/C(=C/C=C/c2ccccc2)C(=O)N1Cc1cc2c(cc1Cl)OCO2. The number of hydrogen-bond donors (Lipinski definition) is 0. The highest BCUT2D eigenvalue weighted by molar-refractivity contribution is 8.18. The summed E-state index contributed by atoms with van der Waals surface area (Å²) in [5, 5.41) is 0.0966. The molecule has 1 saturated heterocycles. The van der Waals surface area contributed by atoms with E-state index in [0.29, 0.717) is 27.0 Å². The van der Waals surface area contributed by atoms with Crippen LogP contribution in [0.2, 0.25) is 5.02 Å². The van der Waals surface area contributed by atoms with Crippen LogP contribution in [0.1, 0.15) is 11.1 Å². The normalized spacial score (nSPS) is 17.5. The van der Waals surface area contributed by atoms with E-state index in [2.05, 4.69) is 0 Å². The van der Waals surface area contributed by atoms with Crippen LogP contribution in [0.4, 0.5) is 4.79 Å². The molecule has 2 aromatic rings. The monoisotopic (exact) mass is 399 g/mol. The van der Waals surface area contributed by atoms with Crippen molar-refractivity contribution >= 4 is 40.6 Å². The number of carbonyl (C=O) groups excluding carboxylic acids is 2. The highest BCUT2D eigenvalue weighted by atomic mass is 35.5. The van der Waals surface area contributed by atoms with Crippen molar-refractivity contribution in [3.63, 3.8) is 0 Å². The molecule has 0 radical (unpaired) electrons. The topological polar surface area (TPSA) is 55.8 Å². The number of amides is 2. The summed E-state index contributed by atoms with van der Waals surface area (Å²) in [7, 11) is 0. The predicted octanol–water partition coefficient (Wildman–Crippen LogP) is 4.86. The maximum atomic E-state index is 12.6. The molecule has 0 unspecified atom stereocenters. The number of rotatable bonds is 4. The van der Waals surface area contributed by atoms with E-state index in [1.165, 1.54) is 4.90 Å². The van der Waals surface area contributed by atoms with Gasteiger partial charge < -0.3 is 9.47 Å². The first-order valence-corrected chi connectivity index (χ1v) is 9.36. The summed E-state index contributed by atoms with van der Waals surface area (Å²) in [6, 6.07) is 13.0. The zero-order chi connectivity index (χ0) is 18.8. The smallest absolute Gasteiger partial charge is 0.293 e. The fourth-order valence-electron chi connectivity index (χ4n) is 2.71. The van der Waals surface area contributed by atoms with Gasteiger partial charge >= 0.3 is 0 Å². The van der Waals surface area contributed by atoms with Crippen LogP contribution < -0.4 is 9.47 Å². The Morgan fingerprint density at radius 2 is 1.85 bits per heavy atom. The van der Waals surface area contributed by atoms with Gasteiger partial charge in [0.25, 0.3) is 11.1 Å². The number of imide groups is 1. The van der Waals surface area contributed by atoms with Crippen LogP contribution in [0.3, 0.4) is 0 Å². The van der Waals surface area contributed by atoms with Gasteiger partial charge in [-0.15, -0.1) is 0 Å². The predicted molar refractivity (Wildman–Crippen MR) is 105 cm³/mol. The second-order valence-corrected chi connectivity index (χ2v) is 7.26. The van der Waals surface area contributed by atoms with Gasteiger partial charge in [0.15, 0.2) is 11.5 Å². The molecule has 2 aromatic carbocycles. The molecule has 1 fully saturated rings. The van der Waals surface area contributed by atoms with E-state index in [4.69, 9.17) is 21.1 Å². The van der Waals surface area contributed by atoms with Crippen molar-refractivity contribution in [2.45, 2.75) is 6.54 Å². The van der Waals surface area contributed by atoms with E-state index in [9.17, 15) is 9.59 Å². The number of carbonyl (C=O) groups is 2. The summed E-state index contributed by atoms with van der Waals surface area (Å²) in [4.78, 5) is 26.4. The highest BCUT2D eigenvalue weighted by Gasteiger charge is 2.35. The van der Waals surface area contributed by atoms with E-state index in [0.717, 1.165) is 17.3 Å². The number of hydrogen-bond acceptors (Lipinski definition) is 5. The summed E-state index contributed by atoms with van der Waals surface area (Å²) in [6.45, 7) is 0.215. The van der Waals surface area contributed by atoms with Gasteiger partial charge in [0.1, 0.15) is 0 Å². The molecule has 2 heterocycles. The van der Waals surface area contributed by atoms with Crippen LogP contribution in [0.25, 0.3) is 6.08 Å². The lowest BCUT2D eigenvalue weighted by Gasteiger charge is -2.14. The average Bonchev–Trinajstić information content (AvgIpc) is 3.22. The Morgan fingerprint density at radius 3 is 2.63 bits per heavy atom. The summed E-state index contributed by atoms with van der Waals surface area (Å²) in [5.74, 6) is 0.781. The second-order valence-electron chi connectivity index (χ2n) is 5.86. The molecule has 0 spiro atoms. The quantitative estimate of drug-likeness (QED) is 0.687. The number of benzene rings is 2. The molecule has 0 aromatic heterocycles. The van der Waals surface area contributed by atoms with Crippen LogP contribution in [0, 0.1) is 0 Å². The van der Waals surface area contributed by atoms with Crippen molar-refractivity contribution in [2.24, 2.45) is 0 Å². The second kappa shape index (κ2) is 7.50. The van der Waals surface area contributed by atoms with Crippen molar-refractivity contribution in [1.29, 1.82) is 0 Å². The van der Waals surface area contributed by atoms with Gasteiger partial charge in [-0.3, -0.25) is 14.5 Å². The standard InChI is InChI=1S/C20H14ClNO4S/c21-15-10-17-16(25-12-26-17)9-14(15)11-22-19(23)18(27-20(22)24)8-4-7-13-5-2-1-3-6-13/h1-10H,11-12H2/b7-4+,18-8+. The molecule has 4 rings (SSSR count). The van der Waals surface area contributed by atoms with E-state index in [1.54, 1.807) is 24.3 Å². The zero-order valence-electron chi connectivity index (χ0n) is 14.1. The van der Waals surface area contributed by atoms with Gasteiger partial charge in [0, 0.05) is 11.1 Å². The van der Waals surface area contributed by atoms with Gasteiger partial charge in [0.2, 0.25) is 6.79 Å². The zero-order valence-corrected chi connectivity index (χ0v) is 15.6. The first-order chi connectivity index (χ1) is 13.1. The molecule has 0 saturated carbocycles. The Kier molecular flexibility index (Phi) is 4.92. The Hall–Kier alpha value is -2.70. The third-order valence-electron chi connectivity index (χ3n) is 4.08. The van der Waals surface area contributed by atoms with E-state index in [-0.39, 0.29) is 24.5 Å². The Bertz CT molecular complexity index is 971. The van der Waals surface area contributed by atoms with Gasteiger partial charge in [-0.25, -0.2) is 0 Å². The molecule has 0 bridgehead atoms. The lowest BCUT2D eigenvalue weighted by Crippen LogP contribution is -2.27. The molecule has 136 valence electrons. The largest absolute Gasteiger partial charge is 0.454 e. The molecule has 7 heteroatoms. The van der Waals surface area contributed by atoms with Gasteiger partial charge in [-0.05, 0) is 35.0 Å². The molecular formula is C20H14ClNO4S. The minimum atomic E-state index is -0.337. The molecule has 2 aliphatic heterocycles. The minimum Gasteiger partial charge on any atom is -0.454 e. The van der Waals surface area contributed by atoms with Crippen molar-refractivity contribution in [3.8, 4) is 11.5 Å². The lowest BCUT2D eigenvalue weighted by molar-refractivity contribution is -0.123. The molecular weight excluding hydrogens is 386 g/mol. The fraction of sp³-hybridized carbons (Fsp3) is 0.100. The van der Waals surface area contributed by atoms with E-state index < -0.39 is 0 Å². The molecule has 0 aliphatic carbocycles. The number of thioether (sulfide) groups is 1. The van der Waals surface area contributed by atoms with Crippen LogP contribution in [0.15, 0.2) is 59.5 Å². The third-order valence-corrected chi connectivity index (χ3v) is 5.36. The number of halogens is 1.